The SMILES string of the molecule is C[NH2+]c1ccc(F)cc1C(F)(F)F. The van der Waals surface area contributed by atoms with Crippen molar-refractivity contribution >= 4 is 5.69 Å². The van der Waals surface area contributed by atoms with Crippen LogP contribution in [0.25, 0.3) is 0 Å². The van der Waals surface area contributed by atoms with Crippen molar-refractivity contribution in [3.05, 3.63) is 29.6 Å². The molecule has 0 aliphatic carbocycles. The first-order chi connectivity index (χ1) is 5.95. The van der Waals surface area contributed by atoms with E-state index in [2.05, 4.69) is 0 Å². The minimum absolute atomic E-state index is 0.00565. The van der Waals surface area contributed by atoms with Gasteiger partial charge in [0.25, 0.3) is 0 Å². The summed E-state index contributed by atoms with van der Waals surface area (Å²) in [5.41, 5.74) is -0.941. The molecule has 0 atom stereocenters. The van der Waals surface area contributed by atoms with Crippen LogP contribution in [0.1, 0.15) is 5.56 Å². The van der Waals surface area contributed by atoms with Crippen molar-refractivity contribution in [1.82, 2.24) is 0 Å². The average Bonchev–Trinajstić information content (AvgIpc) is 2.03. The standard InChI is InChI=1S/C8H7F4N/c1-13-7-3-2-5(9)4-6(7)8(10,11)12/h2-4,13H,1H3/p+1. The van der Waals surface area contributed by atoms with Gasteiger partial charge in [0.15, 0.2) is 0 Å². The van der Waals surface area contributed by atoms with Gasteiger partial charge in [0, 0.05) is 6.07 Å². The second-order valence-electron chi connectivity index (χ2n) is 2.52. The van der Waals surface area contributed by atoms with E-state index in [9.17, 15) is 17.6 Å². The van der Waals surface area contributed by atoms with Gasteiger partial charge >= 0.3 is 6.18 Å². The summed E-state index contributed by atoms with van der Waals surface area (Å²) in [6.07, 6.45) is -4.50. The zero-order valence-electron chi connectivity index (χ0n) is 6.82. The van der Waals surface area contributed by atoms with E-state index in [4.69, 9.17) is 0 Å². The first-order valence-electron chi connectivity index (χ1n) is 3.61. The summed E-state index contributed by atoms with van der Waals surface area (Å²) in [4.78, 5) is 0. The maximum Gasteiger partial charge on any atom is 0.422 e. The summed E-state index contributed by atoms with van der Waals surface area (Å²) in [6.45, 7) is 0. The molecule has 0 amide bonds. The van der Waals surface area contributed by atoms with E-state index < -0.39 is 17.6 Å². The van der Waals surface area contributed by atoms with Crippen LogP contribution in [0.5, 0.6) is 0 Å². The van der Waals surface area contributed by atoms with E-state index >= 15 is 0 Å². The lowest BCUT2D eigenvalue weighted by atomic mass is 10.1. The molecule has 13 heavy (non-hydrogen) atoms. The summed E-state index contributed by atoms with van der Waals surface area (Å²) >= 11 is 0. The number of halogens is 4. The molecule has 0 bridgehead atoms. The number of alkyl halides is 3. The molecular weight excluding hydrogens is 186 g/mol. The molecule has 0 heterocycles. The molecule has 1 nitrogen and oxygen atoms in total. The topological polar surface area (TPSA) is 16.6 Å². The molecular formula is C8H8F4N+. The molecule has 1 aromatic rings. The fourth-order valence-electron chi connectivity index (χ4n) is 1.03. The lowest BCUT2D eigenvalue weighted by Crippen LogP contribution is -2.73. The van der Waals surface area contributed by atoms with Crippen LogP contribution in [0.15, 0.2) is 18.2 Å². The molecule has 0 fully saturated rings. The Labute approximate surface area is 72.4 Å². The Bertz CT molecular complexity index is 306. The monoisotopic (exact) mass is 194 g/mol. The molecule has 5 heteroatoms. The van der Waals surface area contributed by atoms with Gasteiger partial charge in [0.2, 0.25) is 0 Å². The summed E-state index contributed by atoms with van der Waals surface area (Å²) in [6, 6.07) is 2.61. The van der Waals surface area contributed by atoms with Crippen LogP contribution in [0, 0.1) is 5.82 Å². The number of hydrogen-bond acceptors (Lipinski definition) is 0. The van der Waals surface area contributed by atoms with Crippen LogP contribution >= 0.6 is 0 Å². The van der Waals surface area contributed by atoms with Gasteiger partial charge in [-0.1, -0.05) is 0 Å². The Morgan fingerprint density at radius 2 is 1.85 bits per heavy atom. The Morgan fingerprint density at radius 1 is 1.23 bits per heavy atom. The van der Waals surface area contributed by atoms with Gasteiger partial charge in [-0.25, -0.2) is 4.39 Å². The van der Waals surface area contributed by atoms with Crippen molar-refractivity contribution in [2.75, 3.05) is 7.05 Å². The van der Waals surface area contributed by atoms with Crippen LogP contribution < -0.4 is 5.32 Å². The van der Waals surface area contributed by atoms with Gasteiger partial charge in [-0.2, -0.15) is 13.2 Å². The molecule has 72 valence electrons. The molecule has 1 aromatic carbocycles. The Hall–Kier alpha value is -1.10. The molecule has 0 saturated heterocycles. The molecule has 0 aromatic heterocycles. The van der Waals surface area contributed by atoms with Gasteiger partial charge in [-0.15, -0.1) is 0 Å². The predicted molar refractivity (Wildman–Crippen MR) is 38.9 cm³/mol. The highest BCUT2D eigenvalue weighted by Gasteiger charge is 2.35. The highest BCUT2D eigenvalue weighted by molar-refractivity contribution is 5.41. The molecule has 0 saturated carbocycles. The highest BCUT2D eigenvalue weighted by Crippen LogP contribution is 2.33. The molecule has 0 aliphatic heterocycles. The number of nitrogens with two attached hydrogens (primary N) is 1. The number of hydrogen-bond donors (Lipinski definition) is 1. The lowest BCUT2D eigenvalue weighted by Gasteiger charge is -2.08. The molecule has 0 aliphatic rings. The number of quaternary nitrogens is 1. The van der Waals surface area contributed by atoms with E-state index in [0.29, 0.717) is 6.07 Å². The Balaban J connectivity index is 3.24. The smallest absolute Gasteiger partial charge is 0.316 e. The van der Waals surface area contributed by atoms with E-state index in [-0.39, 0.29) is 5.69 Å². The highest BCUT2D eigenvalue weighted by atomic mass is 19.4. The molecule has 0 radical (unpaired) electrons. The van der Waals surface area contributed by atoms with Crippen molar-refractivity contribution in [2.45, 2.75) is 6.18 Å². The summed E-state index contributed by atoms with van der Waals surface area (Å²) < 4.78 is 49.2. The van der Waals surface area contributed by atoms with Crippen molar-refractivity contribution < 1.29 is 22.9 Å². The quantitative estimate of drug-likeness (QED) is 0.517. The van der Waals surface area contributed by atoms with E-state index in [1.807, 2.05) is 0 Å². The minimum Gasteiger partial charge on any atom is -0.316 e. The molecule has 1 rings (SSSR count). The van der Waals surface area contributed by atoms with E-state index in [1.165, 1.54) is 12.4 Å². The van der Waals surface area contributed by atoms with Crippen molar-refractivity contribution in [1.29, 1.82) is 0 Å². The van der Waals surface area contributed by atoms with Gasteiger partial charge in [0.05, 0.1) is 7.05 Å². The minimum atomic E-state index is -4.50. The van der Waals surface area contributed by atoms with Crippen molar-refractivity contribution in [3.8, 4) is 0 Å². The summed E-state index contributed by atoms with van der Waals surface area (Å²) in [5, 5.41) is 1.29. The average molecular weight is 194 g/mol. The first kappa shape index (κ1) is 9.98. The van der Waals surface area contributed by atoms with Crippen LogP contribution in [0.3, 0.4) is 0 Å². The molecule has 2 N–H and O–H groups in total. The number of benzene rings is 1. The third-order valence-electron chi connectivity index (χ3n) is 1.63. The van der Waals surface area contributed by atoms with Gasteiger partial charge in [-0.3, -0.25) is 0 Å². The second kappa shape index (κ2) is 3.33. The fourth-order valence-corrected chi connectivity index (χ4v) is 1.03. The Morgan fingerprint density at radius 3 is 2.31 bits per heavy atom. The second-order valence-corrected chi connectivity index (χ2v) is 2.52. The zero-order chi connectivity index (χ0) is 10.1. The zero-order valence-corrected chi connectivity index (χ0v) is 6.82. The van der Waals surface area contributed by atoms with Crippen LogP contribution in [0.2, 0.25) is 0 Å². The fraction of sp³-hybridized carbons (Fsp3) is 0.250. The maximum atomic E-state index is 12.5. The van der Waals surface area contributed by atoms with Gasteiger partial charge in [-0.05, 0) is 12.1 Å². The molecule has 0 spiro atoms. The number of rotatable bonds is 1. The normalized spacial score (nSPS) is 11.8. The maximum absolute atomic E-state index is 12.5. The largest absolute Gasteiger partial charge is 0.422 e. The summed E-state index contributed by atoms with van der Waals surface area (Å²) in [7, 11) is 1.47. The lowest BCUT2D eigenvalue weighted by molar-refractivity contribution is -0.541. The van der Waals surface area contributed by atoms with Crippen LogP contribution in [-0.4, -0.2) is 7.05 Å². The summed E-state index contributed by atoms with van der Waals surface area (Å²) in [5.74, 6) is -0.877. The van der Waals surface area contributed by atoms with Crippen LogP contribution in [-0.2, 0) is 6.18 Å². The van der Waals surface area contributed by atoms with Crippen molar-refractivity contribution in [3.63, 3.8) is 0 Å². The van der Waals surface area contributed by atoms with E-state index in [0.717, 1.165) is 12.1 Å². The predicted octanol–water partition coefficient (Wildman–Crippen LogP) is 1.67. The molecule has 0 unspecified atom stereocenters. The van der Waals surface area contributed by atoms with Gasteiger partial charge < -0.3 is 5.32 Å². The third kappa shape index (κ3) is 2.18. The van der Waals surface area contributed by atoms with Gasteiger partial charge in [0.1, 0.15) is 17.1 Å². The Kier molecular flexibility index (Phi) is 2.56. The van der Waals surface area contributed by atoms with E-state index in [1.54, 1.807) is 0 Å². The van der Waals surface area contributed by atoms with Crippen LogP contribution in [0.4, 0.5) is 23.2 Å². The first-order valence-corrected chi connectivity index (χ1v) is 3.61. The van der Waals surface area contributed by atoms with Crippen molar-refractivity contribution in [2.24, 2.45) is 0 Å². The third-order valence-corrected chi connectivity index (χ3v) is 1.63.